The summed E-state index contributed by atoms with van der Waals surface area (Å²) in [7, 11) is 1.51. The summed E-state index contributed by atoms with van der Waals surface area (Å²) < 4.78 is 36.9. The van der Waals surface area contributed by atoms with Crippen LogP contribution in [0.5, 0.6) is 11.6 Å². The number of piperidine rings is 1. The number of pyridine rings is 1. The van der Waals surface area contributed by atoms with Crippen molar-refractivity contribution in [3.63, 3.8) is 0 Å². The van der Waals surface area contributed by atoms with Gasteiger partial charge in [0.1, 0.15) is 30.0 Å². The van der Waals surface area contributed by atoms with Gasteiger partial charge in [0, 0.05) is 13.0 Å². The topological polar surface area (TPSA) is 70.1 Å². The summed E-state index contributed by atoms with van der Waals surface area (Å²) in [6.45, 7) is 1.45. The number of amides is 1. The number of fused-ring (bicyclic) bond motifs is 1. The van der Waals surface area contributed by atoms with Crippen LogP contribution in [0.4, 0.5) is 4.39 Å². The molecule has 3 aliphatic rings. The molecule has 0 radical (unpaired) electrons. The zero-order valence-corrected chi connectivity index (χ0v) is 18.5. The maximum Gasteiger partial charge on any atom is 0.272 e. The number of allylic oxidation sites excluding steroid dienone is 2. The smallest absolute Gasteiger partial charge is 0.272 e. The number of aromatic nitrogens is 1. The standard InChI is InChI=1S/C25H27FN2O5/c1-30-23-21(31-15-17-5-2-3-6-17)10-9-20(27-23)24(29)28-12-11-25(22(14-28)32-16-33-25)18-7-4-8-19(26)13-18/h2-4,7-10,13,17,22H,5-6,11-12,14-16H2,1H3. The lowest BCUT2D eigenvalue weighted by Crippen LogP contribution is -2.53. The largest absolute Gasteiger partial charge is 0.488 e. The molecule has 0 saturated carbocycles. The first-order valence-electron chi connectivity index (χ1n) is 11.2. The van der Waals surface area contributed by atoms with Crippen LogP contribution in [0.25, 0.3) is 0 Å². The summed E-state index contributed by atoms with van der Waals surface area (Å²) in [5, 5.41) is 0. The lowest BCUT2D eigenvalue weighted by molar-refractivity contribution is -0.0441. The number of methoxy groups -OCH3 is 1. The summed E-state index contributed by atoms with van der Waals surface area (Å²) in [5.41, 5.74) is 0.256. The minimum atomic E-state index is -0.753. The number of hydrogen-bond acceptors (Lipinski definition) is 6. The van der Waals surface area contributed by atoms with Crippen LogP contribution in [0.3, 0.4) is 0 Å². The molecule has 3 heterocycles. The molecule has 1 aromatic heterocycles. The summed E-state index contributed by atoms with van der Waals surface area (Å²) in [6.07, 6.45) is 6.44. The third-order valence-corrected chi connectivity index (χ3v) is 6.66. The molecule has 2 aliphatic heterocycles. The van der Waals surface area contributed by atoms with E-state index >= 15 is 0 Å². The van der Waals surface area contributed by atoms with Crippen LogP contribution in [0.15, 0.2) is 48.6 Å². The van der Waals surface area contributed by atoms with Crippen molar-refractivity contribution in [2.45, 2.75) is 31.0 Å². The van der Waals surface area contributed by atoms with Crippen LogP contribution in [0, 0.1) is 11.7 Å². The van der Waals surface area contributed by atoms with Crippen molar-refractivity contribution in [1.82, 2.24) is 9.88 Å². The molecule has 8 heteroatoms. The first-order chi connectivity index (χ1) is 16.1. The Kier molecular flexibility index (Phi) is 6.03. The molecule has 2 atom stereocenters. The van der Waals surface area contributed by atoms with Gasteiger partial charge in [0.25, 0.3) is 11.8 Å². The number of carbonyl (C=O) groups is 1. The van der Waals surface area contributed by atoms with Gasteiger partial charge in [-0.15, -0.1) is 0 Å². The fourth-order valence-corrected chi connectivity index (χ4v) is 4.81. The highest BCUT2D eigenvalue weighted by Gasteiger charge is 2.51. The minimum Gasteiger partial charge on any atom is -0.488 e. The van der Waals surface area contributed by atoms with Crippen LogP contribution >= 0.6 is 0 Å². The fraction of sp³-hybridized carbons (Fsp3) is 0.440. The van der Waals surface area contributed by atoms with Crippen LogP contribution in [-0.4, -0.2) is 55.5 Å². The quantitative estimate of drug-likeness (QED) is 0.620. The zero-order chi connectivity index (χ0) is 22.8. The van der Waals surface area contributed by atoms with E-state index in [1.54, 1.807) is 23.1 Å². The van der Waals surface area contributed by atoms with Gasteiger partial charge in [-0.05, 0) is 48.6 Å². The van der Waals surface area contributed by atoms with Crippen molar-refractivity contribution in [3.05, 3.63) is 65.6 Å². The third-order valence-electron chi connectivity index (χ3n) is 6.66. The highest BCUT2D eigenvalue weighted by molar-refractivity contribution is 5.92. The van der Waals surface area contributed by atoms with Gasteiger partial charge in [-0.3, -0.25) is 4.79 Å². The SMILES string of the molecule is COc1nc(C(=O)N2CCC3(c4cccc(F)c4)OCOC3C2)ccc1OCC1CC=CC1. The molecular weight excluding hydrogens is 427 g/mol. The fourth-order valence-electron chi connectivity index (χ4n) is 4.81. The van der Waals surface area contributed by atoms with Gasteiger partial charge in [0.05, 0.1) is 20.3 Å². The Balaban J connectivity index is 1.29. The summed E-state index contributed by atoms with van der Waals surface area (Å²) in [6, 6.07) is 9.78. The maximum absolute atomic E-state index is 13.9. The van der Waals surface area contributed by atoms with Gasteiger partial charge in [0.2, 0.25) is 0 Å². The predicted octanol–water partition coefficient (Wildman–Crippen LogP) is 3.69. The Labute approximate surface area is 192 Å². The number of carbonyl (C=O) groups excluding carboxylic acids is 1. The minimum absolute atomic E-state index is 0.109. The lowest BCUT2D eigenvalue weighted by Gasteiger charge is -2.41. The van der Waals surface area contributed by atoms with E-state index in [1.807, 2.05) is 6.07 Å². The maximum atomic E-state index is 13.9. The Bertz CT molecular complexity index is 1050. The molecule has 7 nitrogen and oxygen atoms in total. The van der Waals surface area contributed by atoms with E-state index in [2.05, 4.69) is 17.1 Å². The molecule has 0 bridgehead atoms. The van der Waals surface area contributed by atoms with E-state index in [0.717, 1.165) is 18.4 Å². The highest BCUT2D eigenvalue weighted by Crippen LogP contribution is 2.43. The van der Waals surface area contributed by atoms with Crippen molar-refractivity contribution in [3.8, 4) is 11.6 Å². The van der Waals surface area contributed by atoms with Crippen molar-refractivity contribution in [2.75, 3.05) is 33.6 Å². The van der Waals surface area contributed by atoms with Gasteiger partial charge in [0.15, 0.2) is 5.75 Å². The first-order valence-corrected chi connectivity index (χ1v) is 11.2. The Morgan fingerprint density at radius 1 is 1.27 bits per heavy atom. The number of likely N-dealkylation sites (tertiary alicyclic amines) is 1. The molecule has 2 saturated heterocycles. The van der Waals surface area contributed by atoms with Crippen LogP contribution < -0.4 is 9.47 Å². The molecule has 174 valence electrons. The molecule has 1 amide bonds. The Morgan fingerprint density at radius 3 is 2.91 bits per heavy atom. The van der Waals surface area contributed by atoms with E-state index < -0.39 is 5.60 Å². The molecule has 1 aliphatic carbocycles. The second-order valence-corrected chi connectivity index (χ2v) is 8.64. The number of hydrogen-bond donors (Lipinski definition) is 0. The van der Waals surface area contributed by atoms with E-state index in [1.165, 1.54) is 19.2 Å². The molecular formula is C25H27FN2O5. The number of nitrogens with zero attached hydrogens (tertiary/aromatic N) is 2. The van der Waals surface area contributed by atoms with Crippen molar-refractivity contribution in [2.24, 2.45) is 5.92 Å². The molecule has 2 fully saturated rings. The van der Waals surface area contributed by atoms with Crippen molar-refractivity contribution >= 4 is 5.91 Å². The van der Waals surface area contributed by atoms with E-state index in [-0.39, 0.29) is 30.3 Å². The zero-order valence-electron chi connectivity index (χ0n) is 18.5. The molecule has 0 spiro atoms. The summed E-state index contributed by atoms with van der Waals surface area (Å²) in [5.74, 6) is 0.729. The number of rotatable bonds is 6. The van der Waals surface area contributed by atoms with Gasteiger partial charge in [-0.25, -0.2) is 9.37 Å². The van der Waals surface area contributed by atoms with Gasteiger partial charge in [-0.2, -0.15) is 0 Å². The molecule has 5 rings (SSSR count). The Hall–Kier alpha value is -2.97. The van der Waals surface area contributed by atoms with Gasteiger partial charge < -0.3 is 23.8 Å². The van der Waals surface area contributed by atoms with E-state index in [0.29, 0.717) is 43.7 Å². The normalized spacial score (nSPS) is 24.7. The lowest BCUT2D eigenvalue weighted by atomic mass is 9.82. The molecule has 2 aromatic rings. The third kappa shape index (κ3) is 4.20. The monoisotopic (exact) mass is 454 g/mol. The average Bonchev–Trinajstić information content (AvgIpc) is 3.52. The highest BCUT2D eigenvalue weighted by atomic mass is 19.1. The van der Waals surface area contributed by atoms with Gasteiger partial charge >= 0.3 is 0 Å². The number of benzene rings is 1. The predicted molar refractivity (Wildman–Crippen MR) is 118 cm³/mol. The molecule has 2 unspecified atom stereocenters. The Morgan fingerprint density at radius 2 is 2.12 bits per heavy atom. The second-order valence-electron chi connectivity index (χ2n) is 8.64. The average molecular weight is 454 g/mol. The molecule has 0 N–H and O–H groups in total. The van der Waals surface area contributed by atoms with Crippen LogP contribution in [0.2, 0.25) is 0 Å². The number of halogens is 1. The number of ether oxygens (including phenoxy) is 4. The second kappa shape index (κ2) is 9.11. The molecule has 1 aromatic carbocycles. The first kappa shape index (κ1) is 21.9. The molecule has 33 heavy (non-hydrogen) atoms. The van der Waals surface area contributed by atoms with Crippen molar-refractivity contribution < 1.29 is 28.1 Å². The summed E-state index contributed by atoms with van der Waals surface area (Å²) >= 11 is 0. The van der Waals surface area contributed by atoms with Crippen LogP contribution in [-0.2, 0) is 15.1 Å². The van der Waals surface area contributed by atoms with E-state index in [9.17, 15) is 9.18 Å². The van der Waals surface area contributed by atoms with Crippen molar-refractivity contribution in [1.29, 1.82) is 0 Å². The van der Waals surface area contributed by atoms with Gasteiger partial charge in [-0.1, -0.05) is 24.3 Å². The van der Waals surface area contributed by atoms with Crippen LogP contribution in [0.1, 0.15) is 35.3 Å². The summed E-state index contributed by atoms with van der Waals surface area (Å²) in [4.78, 5) is 19.3. The van der Waals surface area contributed by atoms with E-state index in [4.69, 9.17) is 18.9 Å².